The highest BCUT2D eigenvalue weighted by Crippen LogP contribution is 2.24. The first kappa shape index (κ1) is 12.8. The van der Waals surface area contributed by atoms with Crippen LogP contribution in [0.15, 0.2) is 24.5 Å². The third-order valence-corrected chi connectivity index (χ3v) is 4.21. The molecule has 0 atom stereocenters. The van der Waals surface area contributed by atoms with Crippen molar-refractivity contribution in [3.05, 3.63) is 24.5 Å². The Balaban J connectivity index is 0.00000108. The molecule has 2 aliphatic heterocycles. The first-order valence-electron chi connectivity index (χ1n) is 6.38. The van der Waals surface area contributed by atoms with Gasteiger partial charge < -0.3 is 26.4 Å². The first-order chi connectivity index (χ1) is 7.88. The third kappa shape index (κ3) is 2.63. The minimum Gasteiger partial charge on any atom is -1.00 e. The van der Waals surface area contributed by atoms with Gasteiger partial charge in [0.15, 0.2) is 0 Å². The minimum absolute atomic E-state index is 0. The molecule has 0 aliphatic carbocycles. The highest BCUT2D eigenvalue weighted by molar-refractivity contribution is 5.43. The number of rotatable bonds is 1. The van der Waals surface area contributed by atoms with Gasteiger partial charge in [0.1, 0.15) is 0 Å². The van der Waals surface area contributed by atoms with Crippen LogP contribution in [0.25, 0.3) is 0 Å². The van der Waals surface area contributed by atoms with E-state index in [9.17, 15) is 0 Å². The molecule has 1 aromatic rings. The molecule has 0 amide bonds. The molecule has 0 N–H and O–H groups in total. The summed E-state index contributed by atoms with van der Waals surface area (Å²) in [5, 5.41) is 0. The predicted molar refractivity (Wildman–Crippen MR) is 65.4 cm³/mol. The van der Waals surface area contributed by atoms with E-state index in [-0.39, 0.29) is 17.0 Å². The van der Waals surface area contributed by atoms with Gasteiger partial charge in [0.05, 0.1) is 51.2 Å². The van der Waals surface area contributed by atoms with Crippen LogP contribution >= 0.6 is 0 Å². The second-order valence-corrected chi connectivity index (χ2v) is 5.14. The Hall–Kier alpha value is -0.610. The van der Waals surface area contributed by atoms with E-state index in [1.54, 1.807) is 0 Å². The number of nitrogens with zero attached hydrogens (tertiary/aromatic N) is 3. The number of anilines is 1. The van der Waals surface area contributed by atoms with Crippen LogP contribution in [0.3, 0.4) is 0 Å². The topological polar surface area (TPSA) is 16.1 Å². The molecule has 2 aliphatic rings. The zero-order valence-corrected chi connectivity index (χ0v) is 11.8. The summed E-state index contributed by atoms with van der Waals surface area (Å²) < 4.78 is 1.39. The van der Waals surface area contributed by atoms with Gasteiger partial charge in [0, 0.05) is 19.0 Å². The van der Waals surface area contributed by atoms with Crippen molar-refractivity contribution >= 4 is 5.69 Å². The van der Waals surface area contributed by atoms with Crippen LogP contribution in [0.2, 0.25) is 0 Å². The van der Waals surface area contributed by atoms with Gasteiger partial charge in [-0.3, -0.25) is 4.98 Å². The van der Waals surface area contributed by atoms with Crippen molar-refractivity contribution in [3.63, 3.8) is 0 Å². The monoisotopic (exact) mass is 297 g/mol. The van der Waals surface area contributed by atoms with Crippen molar-refractivity contribution in [2.75, 3.05) is 44.2 Å². The Labute approximate surface area is 114 Å². The number of quaternary nitrogens is 1. The summed E-state index contributed by atoms with van der Waals surface area (Å²) in [5.74, 6) is 0. The highest BCUT2D eigenvalue weighted by Gasteiger charge is 2.35. The number of hydrogen-bond donors (Lipinski definition) is 0. The molecular formula is C13H20BrN3. The van der Waals surface area contributed by atoms with E-state index in [0.29, 0.717) is 0 Å². The van der Waals surface area contributed by atoms with Gasteiger partial charge >= 0.3 is 0 Å². The zero-order valence-electron chi connectivity index (χ0n) is 10.2. The summed E-state index contributed by atoms with van der Waals surface area (Å²) in [6.45, 7) is 7.89. The molecule has 2 saturated heterocycles. The summed E-state index contributed by atoms with van der Waals surface area (Å²) in [4.78, 5) is 6.68. The molecule has 0 aromatic carbocycles. The maximum atomic E-state index is 4.20. The molecule has 2 fully saturated rings. The first-order valence-corrected chi connectivity index (χ1v) is 6.38. The molecule has 94 valence electrons. The van der Waals surface area contributed by atoms with Gasteiger partial charge in [-0.1, -0.05) is 0 Å². The fourth-order valence-electron chi connectivity index (χ4n) is 3.14. The van der Waals surface area contributed by atoms with E-state index < -0.39 is 0 Å². The Morgan fingerprint density at radius 1 is 1.06 bits per heavy atom. The van der Waals surface area contributed by atoms with E-state index >= 15 is 0 Å². The standard InChI is InChI=1S/C13H20N3.BrH/c1-2-9-16(8-1)10-6-15(7-11-16)13-4-3-5-14-12-13;/h3-5,12H,1-2,6-11H2;1H/q+1;/p-1. The SMILES string of the molecule is [Br-].c1cncc(N2CC[N+]3(CCCC3)CC2)c1. The number of piperazine rings is 1. The molecule has 0 unspecified atom stereocenters. The lowest BCUT2D eigenvalue weighted by Crippen LogP contribution is -3.00. The number of halogens is 1. The number of pyridine rings is 1. The summed E-state index contributed by atoms with van der Waals surface area (Å²) in [5.41, 5.74) is 1.29. The van der Waals surface area contributed by atoms with Crippen molar-refractivity contribution in [2.45, 2.75) is 12.8 Å². The quantitative estimate of drug-likeness (QED) is 0.588. The molecule has 1 spiro atoms. The molecule has 3 nitrogen and oxygen atoms in total. The fraction of sp³-hybridized carbons (Fsp3) is 0.615. The summed E-state index contributed by atoms with van der Waals surface area (Å²) in [7, 11) is 0. The van der Waals surface area contributed by atoms with Gasteiger partial charge in [-0.15, -0.1) is 0 Å². The third-order valence-electron chi connectivity index (χ3n) is 4.21. The van der Waals surface area contributed by atoms with E-state index in [1.165, 1.54) is 62.3 Å². The fourth-order valence-corrected chi connectivity index (χ4v) is 3.14. The van der Waals surface area contributed by atoms with E-state index in [2.05, 4.69) is 16.0 Å². The second kappa shape index (κ2) is 5.36. The molecule has 0 bridgehead atoms. The molecule has 17 heavy (non-hydrogen) atoms. The lowest BCUT2D eigenvalue weighted by atomic mass is 10.2. The Bertz CT molecular complexity index is 339. The lowest BCUT2D eigenvalue weighted by molar-refractivity contribution is -0.917. The van der Waals surface area contributed by atoms with Crippen LogP contribution in [0.4, 0.5) is 5.69 Å². The van der Waals surface area contributed by atoms with E-state index in [1.807, 2.05) is 18.5 Å². The molecule has 3 rings (SSSR count). The Kier molecular flexibility index (Phi) is 4.05. The number of hydrogen-bond acceptors (Lipinski definition) is 2. The molecular weight excluding hydrogens is 278 g/mol. The van der Waals surface area contributed by atoms with Crippen molar-refractivity contribution in [1.82, 2.24) is 4.98 Å². The smallest absolute Gasteiger partial charge is 0.0965 e. The molecule has 0 saturated carbocycles. The highest BCUT2D eigenvalue weighted by atomic mass is 79.9. The van der Waals surface area contributed by atoms with E-state index in [4.69, 9.17) is 0 Å². The van der Waals surface area contributed by atoms with Crippen LogP contribution in [-0.4, -0.2) is 48.7 Å². The average molecular weight is 298 g/mol. The van der Waals surface area contributed by atoms with Gasteiger partial charge in [-0.25, -0.2) is 0 Å². The molecule has 3 heterocycles. The van der Waals surface area contributed by atoms with Gasteiger partial charge in [-0.05, 0) is 12.1 Å². The van der Waals surface area contributed by atoms with E-state index in [0.717, 1.165) is 0 Å². The van der Waals surface area contributed by atoms with Gasteiger partial charge in [-0.2, -0.15) is 0 Å². The maximum absolute atomic E-state index is 4.20. The maximum Gasteiger partial charge on any atom is 0.0965 e. The van der Waals surface area contributed by atoms with Crippen LogP contribution in [0.1, 0.15) is 12.8 Å². The van der Waals surface area contributed by atoms with Crippen molar-refractivity contribution in [2.24, 2.45) is 0 Å². The largest absolute Gasteiger partial charge is 1.00 e. The normalized spacial score (nSPS) is 22.5. The van der Waals surface area contributed by atoms with Crippen molar-refractivity contribution in [1.29, 1.82) is 0 Å². The lowest BCUT2D eigenvalue weighted by Gasteiger charge is -2.42. The zero-order chi connectivity index (χ0) is 10.8. The summed E-state index contributed by atoms with van der Waals surface area (Å²) >= 11 is 0. The summed E-state index contributed by atoms with van der Waals surface area (Å²) in [6, 6.07) is 4.21. The predicted octanol–water partition coefficient (Wildman–Crippen LogP) is -1.48. The average Bonchev–Trinajstić information content (AvgIpc) is 2.80. The molecule has 0 radical (unpaired) electrons. The van der Waals surface area contributed by atoms with Gasteiger partial charge in [0.2, 0.25) is 0 Å². The van der Waals surface area contributed by atoms with Crippen LogP contribution in [-0.2, 0) is 0 Å². The summed E-state index contributed by atoms with van der Waals surface area (Å²) in [6.07, 6.45) is 6.71. The minimum atomic E-state index is 0. The Morgan fingerprint density at radius 3 is 2.35 bits per heavy atom. The van der Waals surface area contributed by atoms with Crippen LogP contribution in [0.5, 0.6) is 0 Å². The Morgan fingerprint density at radius 2 is 1.76 bits per heavy atom. The molecule has 4 heteroatoms. The second-order valence-electron chi connectivity index (χ2n) is 5.14. The molecule has 1 aromatic heterocycles. The van der Waals surface area contributed by atoms with Crippen LogP contribution < -0.4 is 21.9 Å². The van der Waals surface area contributed by atoms with Crippen LogP contribution in [0, 0.1) is 0 Å². The van der Waals surface area contributed by atoms with Crippen molar-refractivity contribution in [3.8, 4) is 0 Å². The van der Waals surface area contributed by atoms with Crippen molar-refractivity contribution < 1.29 is 21.5 Å². The van der Waals surface area contributed by atoms with Gasteiger partial charge in [0.25, 0.3) is 0 Å². The number of aromatic nitrogens is 1.